The molecule has 0 saturated heterocycles. The second-order valence-corrected chi connectivity index (χ2v) is 6.74. The van der Waals surface area contributed by atoms with Crippen molar-refractivity contribution in [3.63, 3.8) is 0 Å². The maximum atomic E-state index is 12.7. The molecule has 0 aliphatic carbocycles. The van der Waals surface area contributed by atoms with E-state index in [1.54, 1.807) is 24.3 Å². The van der Waals surface area contributed by atoms with Crippen LogP contribution >= 0.6 is 11.6 Å². The summed E-state index contributed by atoms with van der Waals surface area (Å²) in [6.07, 6.45) is 1.19. The quantitative estimate of drug-likeness (QED) is 0.620. The Morgan fingerprint density at radius 2 is 1.82 bits per heavy atom. The van der Waals surface area contributed by atoms with Crippen LogP contribution in [-0.4, -0.2) is 24.5 Å². The number of Topliss-reactive ketones (excluding diaryl/α,β-unsaturated/α-hetero) is 1. The molecule has 22 heavy (non-hydrogen) atoms. The van der Waals surface area contributed by atoms with Gasteiger partial charge >= 0.3 is 6.09 Å². The second-order valence-electron chi connectivity index (χ2n) is 6.30. The van der Waals surface area contributed by atoms with E-state index in [1.807, 2.05) is 27.7 Å². The average Bonchev–Trinajstić information content (AvgIpc) is 2.44. The minimum absolute atomic E-state index is 0.156. The largest absolute Gasteiger partial charge is 0.450 e. The van der Waals surface area contributed by atoms with Gasteiger partial charge in [-0.2, -0.15) is 0 Å². The molecule has 1 unspecified atom stereocenters. The Bertz CT molecular complexity index is 506. The van der Waals surface area contributed by atoms with Gasteiger partial charge in [0.05, 0.1) is 6.61 Å². The maximum Gasteiger partial charge on any atom is 0.407 e. The number of halogens is 1. The van der Waals surface area contributed by atoms with E-state index in [9.17, 15) is 9.59 Å². The fourth-order valence-electron chi connectivity index (χ4n) is 1.92. The summed E-state index contributed by atoms with van der Waals surface area (Å²) < 4.78 is 5.09. The molecule has 5 heteroatoms. The fourth-order valence-corrected chi connectivity index (χ4v) is 2.05. The minimum Gasteiger partial charge on any atom is -0.450 e. The van der Waals surface area contributed by atoms with E-state index in [0.717, 1.165) is 12.8 Å². The number of benzene rings is 1. The van der Waals surface area contributed by atoms with E-state index in [-0.39, 0.29) is 5.78 Å². The molecule has 0 spiro atoms. The van der Waals surface area contributed by atoms with Gasteiger partial charge in [-0.05, 0) is 36.1 Å². The lowest BCUT2D eigenvalue weighted by Gasteiger charge is -2.30. The van der Waals surface area contributed by atoms with Crippen LogP contribution in [0.2, 0.25) is 5.02 Å². The first kappa shape index (κ1) is 18.5. The van der Waals surface area contributed by atoms with Crippen molar-refractivity contribution in [3.05, 3.63) is 34.9 Å². The van der Waals surface area contributed by atoms with E-state index in [0.29, 0.717) is 17.2 Å². The van der Waals surface area contributed by atoms with Gasteiger partial charge in [-0.3, -0.25) is 4.79 Å². The van der Waals surface area contributed by atoms with Crippen LogP contribution in [0.4, 0.5) is 4.79 Å². The van der Waals surface area contributed by atoms with Crippen LogP contribution in [0.3, 0.4) is 0 Å². The number of alkyl carbamates (subject to hydrolysis) is 1. The molecule has 0 aliphatic rings. The third-order valence-electron chi connectivity index (χ3n) is 3.25. The normalized spacial score (nSPS) is 12.6. The van der Waals surface area contributed by atoms with Crippen molar-refractivity contribution in [1.82, 2.24) is 5.32 Å². The van der Waals surface area contributed by atoms with Crippen LogP contribution in [0.1, 0.15) is 50.9 Å². The van der Waals surface area contributed by atoms with Crippen molar-refractivity contribution >= 4 is 23.5 Å². The lowest BCUT2D eigenvalue weighted by atomic mass is 9.82. The zero-order valence-electron chi connectivity index (χ0n) is 13.6. The lowest BCUT2D eigenvalue weighted by Crippen LogP contribution is -2.49. The predicted molar refractivity (Wildman–Crippen MR) is 88.4 cm³/mol. The molecule has 0 heterocycles. The molecular formula is C17H24ClNO3. The van der Waals surface area contributed by atoms with Gasteiger partial charge in [0.2, 0.25) is 0 Å². The molecule has 0 aliphatic heterocycles. The number of carbonyl (C=O) groups is 2. The van der Waals surface area contributed by atoms with Crippen LogP contribution in [0, 0.1) is 5.41 Å². The zero-order chi connectivity index (χ0) is 16.8. The van der Waals surface area contributed by atoms with Crippen LogP contribution in [0.25, 0.3) is 0 Å². The summed E-state index contributed by atoms with van der Waals surface area (Å²) in [7, 11) is 0. The molecule has 0 bridgehead atoms. The van der Waals surface area contributed by atoms with Crippen LogP contribution in [0.15, 0.2) is 24.3 Å². The highest BCUT2D eigenvalue weighted by Crippen LogP contribution is 2.23. The summed E-state index contributed by atoms with van der Waals surface area (Å²) in [5.41, 5.74) is 0.0821. The Morgan fingerprint density at radius 1 is 1.23 bits per heavy atom. The van der Waals surface area contributed by atoms with E-state index in [4.69, 9.17) is 16.3 Å². The molecule has 0 fully saturated rings. The van der Waals surface area contributed by atoms with Gasteiger partial charge in [-0.15, -0.1) is 0 Å². The van der Waals surface area contributed by atoms with Gasteiger partial charge in [-0.1, -0.05) is 45.7 Å². The highest BCUT2D eigenvalue weighted by atomic mass is 35.5. The zero-order valence-corrected chi connectivity index (χ0v) is 14.4. The molecule has 4 nitrogen and oxygen atoms in total. The monoisotopic (exact) mass is 325 g/mol. The summed E-state index contributed by atoms with van der Waals surface area (Å²) in [5.74, 6) is -0.156. The Labute approximate surface area is 137 Å². The number of unbranched alkanes of at least 4 members (excludes halogenated alkanes) is 1. The summed E-state index contributed by atoms with van der Waals surface area (Å²) in [6, 6.07) is 5.98. The van der Waals surface area contributed by atoms with E-state index in [2.05, 4.69) is 5.32 Å². The van der Waals surface area contributed by atoms with Crippen molar-refractivity contribution in [2.45, 2.75) is 46.6 Å². The van der Waals surface area contributed by atoms with Crippen molar-refractivity contribution in [1.29, 1.82) is 0 Å². The topological polar surface area (TPSA) is 55.4 Å². The first-order valence-electron chi connectivity index (χ1n) is 7.48. The summed E-state index contributed by atoms with van der Waals surface area (Å²) in [5, 5.41) is 3.25. The summed E-state index contributed by atoms with van der Waals surface area (Å²) in [4.78, 5) is 24.5. The van der Waals surface area contributed by atoms with Gasteiger partial charge in [0.25, 0.3) is 0 Å². The highest BCUT2D eigenvalue weighted by molar-refractivity contribution is 6.30. The molecule has 1 aromatic rings. The molecule has 0 aromatic heterocycles. The van der Waals surface area contributed by atoms with Gasteiger partial charge < -0.3 is 10.1 Å². The van der Waals surface area contributed by atoms with Crippen LogP contribution in [0.5, 0.6) is 0 Å². The fraction of sp³-hybridized carbons (Fsp3) is 0.529. The molecule has 1 rings (SSSR count). The standard InChI is InChI=1S/C17H24ClNO3/c1-5-6-11-22-16(21)19-15(17(2,3)4)14(20)12-7-9-13(18)10-8-12/h7-10,15H,5-6,11H2,1-4H3,(H,19,21). The smallest absolute Gasteiger partial charge is 0.407 e. The second kappa shape index (κ2) is 8.18. The maximum absolute atomic E-state index is 12.7. The first-order chi connectivity index (χ1) is 10.3. The molecule has 1 aromatic carbocycles. The first-order valence-corrected chi connectivity index (χ1v) is 7.86. The SMILES string of the molecule is CCCCOC(=O)NC(C(=O)c1ccc(Cl)cc1)C(C)(C)C. The number of hydrogen-bond donors (Lipinski definition) is 1. The Hall–Kier alpha value is -1.55. The van der Waals surface area contributed by atoms with E-state index < -0.39 is 17.6 Å². The van der Waals surface area contributed by atoms with E-state index >= 15 is 0 Å². The third-order valence-corrected chi connectivity index (χ3v) is 3.50. The van der Waals surface area contributed by atoms with Crippen molar-refractivity contribution < 1.29 is 14.3 Å². The molecule has 1 N–H and O–H groups in total. The number of carbonyl (C=O) groups excluding carboxylic acids is 2. The lowest BCUT2D eigenvalue weighted by molar-refractivity contribution is 0.0832. The number of hydrogen-bond acceptors (Lipinski definition) is 3. The van der Waals surface area contributed by atoms with E-state index in [1.165, 1.54) is 0 Å². The molecule has 122 valence electrons. The van der Waals surface area contributed by atoms with Crippen molar-refractivity contribution in [2.75, 3.05) is 6.61 Å². The Kier molecular flexibility index (Phi) is 6.88. The number of nitrogens with one attached hydrogen (secondary N) is 1. The highest BCUT2D eigenvalue weighted by Gasteiger charge is 2.33. The number of ether oxygens (including phenoxy) is 1. The molecule has 0 radical (unpaired) electrons. The minimum atomic E-state index is -0.664. The Balaban J connectivity index is 2.82. The number of amides is 1. The molecular weight excluding hydrogens is 302 g/mol. The predicted octanol–water partition coefficient (Wildman–Crippen LogP) is 4.46. The van der Waals surface area contributed by atoms with Crippen LogP contribution in [-0.2, 0) is 4.74 Å². The van der Waals surface area contributed by atoms with Gasteiger partial charge in [0, 0.05) is 10.6 Å². The third kappa shape index (κ3) is 5.68. The van der Waals surface area contributed by atoms with Crippen LogP contribution < -0.4 is 5.32 Å². The Morgan fingerprint density at radius 3 is 2.32 bits per heavy atom. The molecule has 1 amide bonds. The van der Waals surface area contributed by atoms with Gasteiger partial charge in [-0.25, -0.2) is 4.79 Å². The summed E-state index contributed by atoms with van der Waals surface area (Å²) >= 11 is 5.84. The average molecular weight is 326 g/mol. The summed E-state index contributed by atoms with van der Waals surface area (Å²) in [6.45, 7) is 8.07. The number of rotatable bonds is 6. The van der Waals surface area contributed by atoms with Gasteiger partial charge in [0.1, 0.15) is 6.04 Å². The van der Waals surface area contributed by atoms with Gasteiger partial charge in [0.15, 0.2) is 5.78 Å². The van der Waals surface area contributed by atoms with Crippen molar-refractivity contribution in [2.24, 2.45) is 5.41 Å². The molecule has 1 atom stereocenters. The molecule has 0 saturated carbocycles. The number of ketones is 1. The van der Waals surface area contributed by atoms with Crippen molar-refractivity contribution in [3.8, 4) is 0 Å².